The fraction of sp³-hybridized carbons (Fsp3) is 0.150. The second-order valence-corrected chi connectivity index (χ2v) is 7.94. The first kappa shape index (κ1) is 20.6. The predicted octanol–water partition coefficient (Wildman–Crippen LogP) is 3.26. The number of methoxy groups -OCH3 is 1. The van der Waals surface area contributed by atoms with Crippen LogP contribution in [0.3, 0.4) is 0 Å². The lowest BCUT2D eigenvalue weighted by Crippen LogP contribution is -2.37. The highest BCUT2D eigenvalue weighted by Gasteiger charge is 2.30. The number of nitrogens with zero attached hydrogens (tertiary/aromatic N) is 1. The van der Waals surface area contributed by atoms with Crippen molar-refractivity contribution in [3.05, 3.63) is 78.5 Å². The van der Waals surface area contributed by atoms with Gasteiger partial charge in [0.15, 0.2) is 0 Å². The van der Waals surface area contributed by atoms with Gasteiger partial charge < -0.3 is 14.5 Å². The Balaban J connectivity index is 1.88. The summed E-state index contributed by atoms with van der Waals surface area (Å²) in [7, 11) is -2.85. The van der Waals surface area contributed by atoms with E-state index in [9.17, 15) is 17.6 Å². The maximum absolute atomic E-state index is 14.2. The lowest BCUT2D eigenvalue weighted by Gasteiger charge is -2.21. The topological polar surface area (TPSA) is 88.8 Å². The van der Waals surface area contributed by atoms with Gasteiger partial charge in [0.25, 0.3) is 0 Å². The maximum Gasteiger partial charge on any atom is 0.246 e. The minimum absolute atomic E-state index is 0.233. The summed E-state index contributed by atoms with van der Waals surface area (Å²) < 4.78 is 51.5. The number of amides is 1. The van der Waals surface area contributed by atoms with E-state index in [1.807, 2.05) is 0 Å². The summed E-state index contributed by atoms with van der Waals surface area (Å²) in [6.45, 7) is -0.779. The first-order chi connectivity index (χ1) is 13.9. The Labute approximate surface area is 167 Å². The van der Waals surface area contributed by atoms with Crippen molar-refractivity contribution >= 4 is 21.6 Å². The first-order valence-corrected chi connectivity index (χ1v) is 10.1. The lowest BCUT2D eigenvalue weighted by atomic mass is 10.3. The fourth-order valence-electron chi connectivity index (χ4n) is 2.69. The summed E-state index contributed by atoms with van der Waals surface area (Å²) in [6.07, 6.45) is 1.39. The Hall–Kier alpha value is -3.17. The molecule has 7 nitrogen and oxygen atoms in total. The number of rotatable bonds is 8. The molecule has 1 N–H and O–H groups in total. The molecule has 0 bridgehead atoms. The van der Waals surface area contributed by atoms with Gasteiger partial charge in [0, 0.05) is 0 Å². The molecule has 0 unspecified atom stereocenters. The molecule has 29 heavy (non-hydrogen) atoms. The monoisotopic (exact) mass is 418 g/mol. The smallest absolute Gasteiger partial charge is 0.246 e. The third kappa shape index (κ3) is 4.82. The van der Waals surface area contributed by atoms with Crippen molar-refractivity contribution in [2.75, 3.05) is 19.0 Å². The van der Waals surface area contributed by atoms with E-state index in [-0.39, 0.29) is 6.54 Å². The standard InChI is InChI=1S/C20H19FN2O5S/c1-27-18-10-4-3-9-17(18)22-20(24)14-23(13-15-7-6-12-28-15)29(25,26)19-11-5-2-8-16(19)21/h2-12H,13-14H2,1H3,(H,22,24). The number of halogens is 1. The van der Waals surface area contributed by atoms with Crippen LogP contribution in [0.1, 0.15) is 5.76 Å². The molecule has 0 saturated heterocycles. The minimum Gasteiger partial charge on any atom is -0.495 e. The van der Waals surface area contributed by atoms with E-state index < -0.39 is 33.2 Å². The van der Waals surface area contributed by atoms with Gasteiger partial charge in [-0.2, -0.15) is 4.31 Å². The van der Waals surface area contributed by atoms with Crippen molar-refractivity contribution in [2.45, 2.75) is 11.4 Å². The van der Waals surface area contributed by atoms with Gasteiger partial charge in [-0.1, -0.05) is 24.3 Å². The van der Waals surface area contributed by atoms with E-state index in [2.05, 4.69) is 5.32 Å². The second kappa shape index (κ2) is 8.89. The predicted molar refractivity (Wildman–Crippen MR) is 104 cm³/mol. The minimum atomic E-state index is -4.30. The highest BCUT2D eigenvalue weighted by Crippen LogP contribution is 2.24. The van der Waals surface area contributed by atoms with E-state index in [1.165, 1.54) is 25.5 Å². The highest BCUT2D eigenvalue weighted by molar-refractivity contribution is 7.89. The zero-order chi connectivity index (χ0) is 20.9. The van der Waals surface area contributed by atoms with Crippen molar-refractivity contribution in [1.82, 2.24) is 4.31 Å². The molecule has 0 spiro atoms. The molecular formula is C20H19FN2O5S. The molecule has 1 amide bonds. The SMILES string of the molecule is COc1ccccc1NC(=O)CN(Cc1ccco1)S(=O)(=O)c1ccccc1F. The zero-order valence-corrected chi connectivity index (χ0v) is 16.4. The number of sulfonamides is 1. The van der Waals surface area contributed by atoms with Crippen LogP contribution in [0.4, 0.5) is 10.1 Å². The Morgan fingerprint density at radius 1 is 1.10 bits per heavy atom. The summed E-state index contributed by atoms with van der Waals surface area (Å²) >= 11 is 0. The summed E-state index contributed by atoms with van der Waals surface area (Å²) in [4.78, 5) is 12.1. The number of furan rings is 1. The van der Waals surface area contributed by atoms with Gasteiger partial charge in [-0.15, -0.1) is 0 Å². The second-order valence-electron chi connectivity index (χ2n) is 6.03. The average Bonchev–Trinajstić information content (AvgIpc) is 3.21. The van der Waals surface area contributed by atoms with E-state index in [0.29, 0.717) is 17.2 Å². The molecular weight excluding hydrogens is 399 g/mol. The van der Waals surface area contributed by atoms with E-state index in [0.717, 1.165) is 16.4 Å². The Bertz CT molecular complexity index is 1080. The molecule has 3 aromatic rings. The van der Waals surface area contributed by atoms with Crippen molar-refractivity contribution in [3.8, 4) is 5.75 Å². The molecule has 0 aliphatic carbocycles. The lowest BCUT2D eigenvalue weighted by molar-refractivity contribution is -0.116. The molecule has 2 aromatic carbocycles. The number of para-hydroxylation sites is 2. The molecule has 0 aliphatic heterocycles. The van der Waals surface area contributed by atoms with Crippen LogP contribution < -0.4 is 10.1 Å². The van der Waals surface area contributed by atoms with Gasteiger partial charge >= 0.3 is 0 Å². The fourth-order valence-corrected chi connectivity index (χ4v) is 4.12. The van der Waals surface area contributed by atoms with Gasteiger partial charge in [-0.3, -0.25) is 4.79 Å². The van der Waals surface area contributed by atoms with Gasteiger partial charge in [0.2, 0.25) is 15.9 Å². The zero-order valence-electron chi connectivity index (χ0n) is 15.5. The molecule has 0 radical (unpaired) electrons. The molecule has 0 saturated carbocycles. The molecule has 9 heteroatoms. The number of anilines is 1. The van der Waals surface area contributed by atoms with Gasteiger partial charge in [0.05, 0.1) is 32.1 Å². The van der Waals surface area contributed by atoms with Crippen molar-refractivity contribution in [1.29, 1.82) is 0 Å². The average molecular weight is 418 g/mol. The molecule has 0 aliphatic rings. The number of benzene rings is 2. The third-order valence-electron chi connectivity index (χ3n) is 4.07. The number of ether oxygens (including phenoxy) is 1. The molecule has 0 atom stereocenters. The number of hydrogen-bond donors (Lipinski definition) is 1. The van der Waals surface area contributed by atoms with Crippen LogP contribution in [0.2, 0.25) is 0 Å². The third-order valence-corrected chi connectivity index (χ3v) is 5.89. The molecule has 1 heterocycles. The van der Waals surface area contributed by atoms with E-state index in [4.69, 9.17) is 9.15 Å². The van der Waals surface area contributed by atoms with Crippen LogP contribution in [0.5, 0.6) is 5.75 Å². The first-order valence-electron chi connectivity index (χ1n) is 8.61. The van der Waals surface area contributed by atoms with Crippen LogP contribution in [0.25, 0.3) is 0 Å². The largest absolute Gasteiger partial charge is 0.495 e. The summed E-state index contributed by atoms with van der Waals surface area (Å²) in [6, 6.07) is 14.9. The van der Waals surface area contributed by atoms with Gasteiger partial charge in [-0.05, 0) is 36.4 Å². The van der Waals surface area contributed by atoms with E-state index in [1.54, 1.807) is 36.4 Å². The maximum atomic E-state index is 14.2. The Morgan fingerprint density at radius 3 is 2.52 bits per heavy atom. The molecule has 1 aromatic heterocycles. The quantitative estimate of drug-likeness (QED) is 0.607. The van der Waals surface area contributed by atoms with Crippen molar-refractivity contribution in [2.24, 2.45) is 0 Å². The Morgan fingerprint density at radius 2 is 1.83 bits per heavy atom. The molecule has 152 valence electrons. The van der Waals surface area contributed by atoms with Crippen LogP contribution in [0.15, 0.2) is 76.2 Å². The van der Waals surface area contributed by atoms with Crippen LogP contribution in [-0.2, 0) is 21.4 Å². The van der Waals surface area contributed by atoms with E-state index >= 15 is 0 Å². The van der Waals surface area contributed by atoms with Gasteiger partial charge in [-0.25, -0.2) is 12.8 Å². The summed E-state index contributed by atoms with van der Waals surface area (Å²) in [5, 5.41) is 2.62. The van der Waals surface area contributed by atoms with Crippen molar-refractivity contribution < 1.29 is 26.8 Å². The van der Waals surface area contributed by atoms with Gasteiger partial charge in [0.1, 0.15) is 22.2 Å². The summed E-state index contributed by atoms with van der Waals surface area (Å²) in [5.41, 5.74) is 0.390. The van der Waals surface area contributed by atoms with Crippen molar-refractivity contribution in [3.63, 3.8) is 0 Å². The number of carbonyl (C=O) groups excluding carboxylic acids is 1. The number of nitrogens with one attached hydrogen (secondary N) is 1. The Kier molecular flexibility index (Phi) is 6.30. The number of hydrogen-bond acceptors (Lipinski definition) is 5. The molecule has 3 rings (SSSR count). The molecule has 0 fully saturated rings. The summed E-state index contributed by atoms with van der Waals surface area (Å²) in [5.74, 6) is -0.770. The number of carbonyl (C=O) groups is 1. The van der Waals surface area contributed by atoms with Crippen LogP contribution >= 0.6 is 0 Å². The highest BCUT2D eigenvalue weighted by atomic mass is 32.2. The van der Waals surface area contributed by atoms with Crippen LogP contribution in [0, 0.1) is 5.82 Å². The normalized spacial score (nSPS) is 11.4. The van der Waals surface area contributed by atoms with Crippen LogP contribution in [-0.4, -0.2) is 32.3 Å².